The highest BCUT2D eigenvalue weighted by molar-refractivity contribution is 5.81. The van der Waals surface area contributed by atoms with Crippen molar-refractivity contribution in [2.24, 2.45) is 11.3 Å². The second-order valence-corrected chi connectivity index (χ2v) is 6.64. The van der Waals surface area contributed by atoms with E-state index < -0.39 is 11.4 Å². The fourth-order valence-electron chi connectivity index (χ4n) is 3.55. The first-order valence-corrected chi connectivity index (χ1v) is 8.21. The van der Waals surface area contributed by atoms with Crippen LogP contribution in [0.15, 0.2) is 0 Å². The van der Waals surface area contributed by atoms with E-state index in [0.29, 0.717) is 38.8 Å². The van der Waals surface area contributed by atoms with E-state index in [2.05, 4.69) is 5.32 Å². The summed E-state index contributed by atoms with van der Waals surface area (Å²) in [5, 5.41) is 12.4. The van der Waals surface area contributed by atoms with Gasteiger partial charge in [0, 0.05) is 32.5 Å². The minimum atomic E-state index is -0.793. The number of hydrogen-bond donors (Lipinski definition) is 2. The quantitative estimate of drug-likeness (QED) is 0.821. The summed E-state index contributed by atoms with van der Waals surface area (Å²) in [6, 6.07) is 0. The molecule has 1 aliphatic heterocycles. The van der Waals surface area contributed by atoms with Crippen molar-refractivity contribution in [2.45, 2.75) is 51.9 Å². The normalized spacial score (nSPS) is 22.1. The monoisotopic (exact) mass is 310 g/mol. The van der Waals surface area contributed by atoms with Gasteiger partial charge in [-0.05, 0) is 25.7 Å². The number of hydrogen-bond acceptors (Lipinski definition) is 3. The molecule has 0 aromatic heterocycles. The summed E-state index contributed by atoms with van der Waals surface area (Å²) in [6.07, 6.45) is 5.51. The highest BCUT2D eigenvalue weighted by Crippen LogP contribution is 2.36. The molecule has 0 unspecified atom stereocenters. The molecular formula is C16H26N2O4. The average molecular weight is 310 g/mol. The minimum Gasteiger partial charge on any atom is -0.481 e. The van der Waals surface area contributed by atoms with Gasteiger partial charge in [0.2, 0.25) is 11.8 Å². The van der Waals surface area contributed by atoms with E-state index >= 15 is 0 Å². The van der Waals surface area contributed by atoms with E-state index in [4.69, 9.17) is 0 Å². The summed E-state index contributed by atoms with van der Waals surface area (Å²) in [7, 11) is 0. The maximum absolute atomic E-state index is 12.3. The van der Waals surface area contributed by atoms with Crippen LogP contribution in [0.1, 0.15) is 51.9 Å². The Morgan fingerprint density at radius 3 is 2.23 bits per heavy atom. The van der Waals surface area contributed by atoms with Crippen molar-refractivity contribution < 1.29 is 19.5 Å². The Labute approximate surface area is 131 Å². The molecule has 2 aliphatic rings. The third kappa shape index (κ3) is 3.78. The first kappa shape index (κ1) is 16.8. The van der Waals surface area contributed by atoms with Gasteiger partial charge < -0.3 is 15.3 Å². The van der Waals surface area contributed by atoms with Gasteiger partial charge in [-0.15, -0.1) is 0 Å². The number of nitrogens with zero attached hydrogens (tertiary/aromatic N) is 1. The number of piperidine rings is 1. The Hall–Kier alpha value is -1.59. The molecule has 0 spiro atoms. The number of rotatable bonds is 4. The molecule has 1 heterocycles. The molecular weight excluding hydrogens is 284 g/mol. The number of carbonyl (C=O) groups is 3. The van der Waals surface area contributed by atoms with Crippen LogP contribution in [0.4, 0.5) is 0 Å². The van der Waals surface area contributed by atoms with Crippen molar-refractivity contribution >= 4 is 17.8 Å². The predicted molar refractivity (Wildman–Crippen MR) is 81.1 cm³/mol. The van der Waals surface area contributed by atoms with E-state index in [1.54, 1.807) is 11.8 Å². The first-order chi connectivity index (χ1) is 10.4. The smallest absolute Gasteiger partial charge is 0.311 e. The molecule has 2 amide bonds. The molecule has 1 saturated heterocycles. The molecule has 0 bridgehead atoms. The lowest BCUT2D eigenvalue weighted by molar-refractivity contribution is -0.151. The van der Waals surface area contributed by atoms with Gasteiger partial charge in [0.25, 0.3) is 0 Å². The molecule has 1 aliphatic carbocycles. The van der Waals surface area contributed by atoms with E-state index in [1.165, 1.54) is 0 Å². The second-order valence-electron chi connectivity index (χ2n) is 6.64. The van der Waals surface area contributed by atoms with E-state index in [0.717, 1.165) is 19.3 Å². The number of aliphatic carboxylic acids is 1. The van der Waals surface area contributed by atoms with Gasteiger partial charge in [-0.2, -0.15) is 0 Å². The maximum atomic E-state index is 12.3. The third-order valence-electron chi connectivity index (χ3n) is 5.18. The van der Waals surface area contributed by atoms with Gasteiger partial charge in [0.1, 0.15) is 0 Å². The van der Waals surface area contributed by atoms with Gasteiger partial charge in [-0.25, -0.2) is 0 Å². The molecule has 0 aromatic carbocycles. The Morgan fingerprint density at radius 2 is 1.73 bits per heavy atom. The van der Waals surface area contributed by atoms with Crippen LogP contribution in [0.5, 0.6) is 0 Å². The Balaban J connectivity index is 1.84. The summed E-state index contributed by atoms with van der Waals surface area (Å²) < 4.78 is 0. The van der Waals surface area contributed by atoms with Crippen LogP contribution in [-0.4, -0.2) is 47.4 Å². The van der Waals surface area contributed by atoms with Crippen molar-refractivity contribution in [1.82, 2.24) is 10.2 Å². The lowest BCUT2D eigenvalue weighted by Gasteiger charge is -2.35. The van der Waals surface area contributed by atoms with Crippen LogP contribution in [0.25, 0.3) is 0 Å². The average Bonchev–Trinajstić information content (AvgIpc) is 2.53. The summed E-state index contributed by atoms with van der Waals surface area (Å²) in [5.41, 5.74) is -0.784. The summed E-state index contributed by atoms with van der Waals surface area (Å²) >= 11 is 0. The number of likely N-dealkylation sites (tertiary alicyclic amines) is 1. The number of amides is 2. The summed E-state index contributed by atoms with van der Waals surface area (Å²) in [6.45, 7) is 2.99. The Bertz CT molecular complexity index is 435. The van der Waals surface area contributed by atoms with Crippen LogP contribution >= 0.6 is 0 Å². The molecule has 2 fully saturated rings. The van der Waals surface area contributed by atoms with Crippen LogP contribution in [-0.2, 0) is 14.4 Å². The van der Waals surface area contributed by atoms with Crippen LogP contribution in [0, 0.1) is 11.3 Å². The molecule has 2 N–H and O–H groups in total. The minimum absolute atomic E-state index is 0.0471. The maximum Gasteiger partial charge on any atom is 0.311 e. The van der Waals surface area contributed by atoms with Gasteiger partial charge >= 0.3 is 5.97 Å². The SMILES string of the molecule is CC(=O)N1CCC(C(=O)NCC2(C(=O)O)CCCCC2)CC1. The molecule has 2 rings (SSSR count). The lowest BCUT2D eigenvalue weighted by atomic mass is 9.74. The number of carboxylic acid groups (broad SMARTS) is 1. The topological polar surface area (TPSA) is 86.7 Å². The molecule has 0 atom stereocenters. The lowest BCUT2D eigenvalue weighted by Crippen LogP contribution is -2.47. The number of carboxylic acids is 1. The predicted octanol–water partition coefficient (Wildman–Crippen LogP) is 1.40. The molecule has 1 saturated carbocycles. The zero-order valence-electron chi connectivity index (χ0n) is 13.3. The van der Waals surface area contributed by atoms with Crippen molar-refractivity contribution in [3.63, 3.8) is 0 Å². The molecule has 0 aromatic rings. The van der Waals surface area contributed by atoms with E-state index in [-0.39, 0.29) is 24.3 Å². The fourth-order valence-corrected chi connectivity index (χ4v) is 3.55. The van der Waals surface area contributed by atoms with Crippen molar-refractivity contribution in [2.75, 3.05) is 19.6 Å². The molecule has 6 heteroatoms. The number of carbonyl (C=O) groups excluding carboxylic acids is 2. The van der Waals surface area contributed by atoms with E-state index in [9.17, 15) is 19.5 Å². The first-order valence-electron chi connectivity index (χ1n) is 8.21. The highest BCUT2D eigenvalue weighted by atomic mass is 16.4. The zero-order valence-corrected chi connectivity index (χ0v) is 13.3. The second kappa shape index (κ2) is 7.11. The van der Waals surface area contributed by atoms with Gasteiger partial charge in [-0.1, -0.05) is 19.3 Å². The van der Waals surface area contributed by atoms with Crippen molar-refractivity contribution in [3.8, 4) is 0 Å². The van der Waals surface area contributed by atoms with Gasteiger partial charge in [-0.3, -0.25) is 14.4 Å². The molecule has 124 valence electrons. The van der Waals surface area contributed by atoms with E-state index in [1.807, 2.05) is 0 Å². The summed E-state index contributed by atoms with van der Waals surface area (Å²) in [4.78, 5) is 36.9. The largest absolute Gasteiger partial charge is 0.481 e. The Morgan fingerprint density at radius 1 is 1.14 bits per heavy atom. The summed E-state index contributed by atoms with van der Waals surface area (Å²) in [5.74, 6) is -0.913. The van der Waals surface area contributed by atoms with Crippen molar-refractivity contribution in [3.05, 3.63) is 0 Å². The van der Waals surface area contributed by atoms with Crippen molar-refractivity contribution in [1.29, 1.82) is 0 Å². The molecule has 0 radical (unpaired) electrons. The van der Waals surface area contributed by atoms with Crippen LogP contribution in [0.2, 0.25) is 0 Å². The standard InChI is InChI=1S/C16H26N2O4/c1-12(19)18-9-5-13(6-10-18)14(20)17-11-16(15(21)22)7-3-2-4-8-16/h13H,2-11H2,1H3,(H,17,20)(H,21,22). The number of nitrogens with one attached hydrogen (secondary N) is 1. The van der Waals surface area contributed by atoms with Crippen LogP contribution < -0.4 is 5.32 Å². The fraction of sp³-hybridized carbons (Fsp3) is 0.812. The van der Waals surface area contributed by atoms with Gasteiger partial charge in [0.15, 0.2) is 0 Å². The Kier molecular flexibility index (Phi) is 5.42. The van der Waals surface area contributed by atoms with Crippen LogP contribution in [0.3, 0.4) is 0 Å². The third-order valence-corrected chi connectivity index (χ3v) is 5.18. The van der Waals surface area contributed by atoms with Gasteiger partial charge in [0.05, 0.1) is 5.41 Å². The highest BCUT2D eigenvalue weighted by Gasteiger charge is 2.40. The molecule has 22 heavy (non-hydrogen) atoms. The molecule has 6 nitrogen and oxygen atoms in total. The zero-order chi connectivity index (χ0) is 16.2.